The summed E-state index contributed by atoms with van der Waals surface area (Å²) in [5.74, 6) is -0.0370. The number of hydrogen-bond donors (Lipinski definition) is 3. The first kappa shape index (κ1) is 27.3. The summed E-state index contributed by atoms with van der Waals surface area (Å²) < 4.78 is 16.3. The standard InChI is InChI=1S/C29H32N4O6/c1-18-8-11-22(14-19(18)2)33-16-20(15-27(33)35)29(36)32-31-24-6-5-7-25(38-4)28(24)39-17-26(34)30-21-9-12-23(37-3)13-10-21/h5-14,20,31H,15-17H2,1-4H3,(H,30,34)(H,32,36)/t20-/m1/s1. The van der Waals surface area contributed by atoms with Crippen molar-refractivity contribution in [2.75, 3.05) is 43.0 Å². The van der Waals surface area contributed by atoms with Crippen LogP contribution in [0.3, 0.4) is 0 Å². The van der Waals surface area contributed by atoms with Crippen molar-refractivity contribution in [2.45, 2.75) is 20.3 Å². The molecule has 1 fully saturated rings. The van der Waals surface area contributed by atoms with E-state index in [-0.39, 0.29) is 43.0 Å². The molecule has 1 atom stereocenters. The number of benzene rings is 3. The molecule has 3 aromatic rings. The van der Waals surface area contributed by atoms with E-state index in [1.807, 2.05) is 32.0 Å². The molecule has 4 rings (SSSR count). The van der Waals surface area contributed by atoms with Gasteiger partial charge in [0.1, 0.15) is 5.75 Å². The summed E-state index contributed by atoms with van der Waals surface area (Å²) in [4.78, 5) is 39.7. The summed E-state index contributed by atoms with van der Waals surface area (Å²) in [6.45, 7) is 3.99. The second-order valence-corrected chi connectivity index (χ2v) is 9.19. The van der Waals surface area contributed by atoms with Gasteiger partial charge >= 0.3 is 0 Å². The van der Waals surface area contributed by atoms with Crippen LogP contribution in [0.5, 0.6) is 17.2 Å². The lowest BCUT2D eigenvalue weighted by Gasteiger charge is -2.19. The van der Waals surface area contributed by atoms with Crippen LogP contribution >= 0.6 is 0 Å². The molecule has 10 nitrogen and oxygen atoms in total. The summed E-state index contributed by atoms with van der Waals surface area (Å²) in [5, 5.41) is 2.75. The Labute approximate surface area is 227 Å². The average Bonchev–Trinajstić information content (AvgIpc) is 3.34. The van der Waals surface area contributed by atoms with E-state index < -0.39 is 5.92 Å². The van der Waals surface area contributed by atoms with E-state index >= 15 is 0 Å². The number of nitrogens with one attached hydrogen (secondary N) is 3. The van der Waals surface area contributed by atoms with Gasteiger partial charge in [-0.1, -0.05) is 12.1 Å². The highest BCUT2D eigenvalue weighted by Crippen LogP contribution is 2.35. The van der Waals surface area contributed by atoms with Gasteiger partial charge in [-0.15, -0.1) is 0 Å². The molecule has 0 bridgehead atoms. The first-order chi connectivity index (χ1) is 18.8. The molecule has 3 aromatic carbocycles. The van der Waals surface area contributed by atoms with Crippen molar-refractivity contribution in [3.63, 3.8) is 0 Å². The molecule has 204 valence electrons. The van der Waals surface area contributed by atoms with Crippen LogP contribution in [0.2, 0.25) is 0 Å². The molecule has 1 heterocycles. The highest BCUT2D eigenvalue weighted by Gasteiger charge is 2.35. The SMILES string of the molecule is COc1ccc(NC(=O)COc2c(NNC(=O)[C@@H]3CC(=O)N(c4ccc(C)c(C)c4)C3)cccc2OC)cc1. The van der Waals surface area contributed by atoms with Crippen molar-refractivity contribution in [3.05, 3.63) is 71.8 Å². The molecule has 39 heavy (non-hydrogen) atoms. The number of rotatable bonds is 10. The number of nitrogens with zero attached hydrogens (tertiary/aromatic N) is 1. The maximum absolute atomic E-state index is 12.9. The Morgan fingerprint density at radius 1 is 0.974 bits per heavy atom. The number of hydrogen-bond acceptors (Lipinski definition) is 7. The topological polar surface area (TPSA) is 118 Å². The van der Waals surface area contributed by atoms with Gasteiger partial charge in [0.15, 0.2) is 18.1 Å². The normalized spacial score (nSPS) is 14.5. The number of hydrazine groups is 1. The molecule has 3 amide bonds. The van der Waals surface area contributed by atoms with E-state index in [2.05, 4.69) is 16.2 Å². The zero-order chi connectivity index (χ0) is 27.9. The minimum atomic E-state index is -0.531. The van der Waals surface area contributed by atoms with Crippen LogP contribution < -0.4 is 35.3 Å². The minimum absolute atomic E-state index is 0.105. The van der Waals surface area contributed by atoms with Crippen molar-refractivity contribution in [1.82, 2.24) is 5.43 Å². The molecule has 0 aromatic heterocycles. The molecule has 0 spiro atoms. The highest BCUT2D eigenvalue weighted by molar-refractivity contribution is 6.00. The van der Waals surface area contributed by atoms with Crippen molar-refractivity contribution in [3.8, 4) is 17.2 Å². The predicted molar refractivity (Wildman–Crippen MR) is 148 cm³/mol. The fourth-order valence-electron chi connectivity index (χ4n) is 4.19. The largest absolute Gasteiger partial charge is 0.497 e. The van der Waals surface area contributed by atoms with Crippen LogP contribution in [0.25, 0.3) is 0 Å². The molecular formula is C29H32N4O6. The number of anilines is 3. The summed E-state index contributed by atoms with van der Waals surface area (Å²) >= 11 is 0. The van der Waals surface area contributed by atoms with Gasteiger partial charge in [-0.3, -0.25) is 25.2 Å². The molecule has 0 unspecified atom stereocenters. The van der Waals surface area contributed by atoms with Gasteiger partial charge in [0, 0.05) is 24.3 Å². The van der Waals surface area contributed by atoms with E-state index in [1.165, 1.54) is 7.11 Å². The lowest BCUT2D eigenvalue weighted by molar-refractivity contribution is -0.125. The van der Waals surface area contributed by atoms with E-state index in [0.29, 0.717) is 22.9 Å². The quantitative estimate of drug-likeness (QED) is 0.340. The molecule has 3 N–H and O–H groups in total. The number of ether oxygens (including phenoxy) is 3. The number of aryl methyl sites for hydroxylation is 2. The Bertz CT molecular complexity index is 1360. The van der Waals surface area contributed by atoms with Crippen LogP contribution in [0.15, 0.2) is 60.7 Å². The Morgan fingerprint density at radius 2 is 1.74 bits per heavy atom. The number of para-hydroxylation sites is 1. The van der Waals surface area contributed by atoms with Crippen molar-refractivity contribution >= 4 is 34.8 Å². The highest BCUT2D eigenvalue weighted by atomic mass is 16.5. The van der Waals surface area contributed by atoms with Gasteiger partial charge in [0.05, 0.1) is 25.8 Å². The fourth-order valence-corrected chi connectivity index (χ4v) is 4.19. The summed E-state index contributed by atoms with van der Waals surface area (Å²) in [6, 6.07) is 17.8. The third-order valence-electron chi connectivity index (χ3n) is 6.54. The first-order valence-electron chi connectivity index (χ1n) is 12.5. The third kappa shape index (κ3) is 6.59. The van der Waals surface area contributed by atoms with Crippen molar-refractivity contribution in [1.29, 1.82) is 0 Å². The maximum atomic E-state index is 12.9. The van der Waals surface area contributed by atoms with Crippen LogP contribution in [0.4, 0.5) is 17.1 Å². The second kappa shape index (κ2) is 12.2. The summed E-state index contributed by atoms with van der Waals surface area (Å²) in [5.41, 5.74) is 9.52. The van der Waals surface area contributed by atoms with Crippen molar-refractivity contribution < 1.29 is 28.6 Å². The van der Waals surface area contributed by atoms with Crippen molar-refractivity contribution in [2.24, 2.45) is 5.92 Å². The van der Waals surface area contributed by atoms with Gasteiger partial charge in [-0.05, 0) is 73.5 Å². The Morgan fingerprint density at radius 3 is 2.44 bits per heavy atom. The monoisotopic (exact) mass is 532 g/mol. The zero-order valence-corrected chi connectivity index (χ0v) is 22.4. The van der Waals surface area contributed by atoms with Crippen LogP contribution in [-0.2, 0) is 14.4 Å². The van der Waals surface area contributed by atoms with Crippen LogP contribution in [0, 0.1) is 19.8 Å². The summed E-state index contributed by atoms with van der Waals surface area (Å²) in [6.07, 6.45) is 0.105. The fraction of sp³-hybridized carbons (Fsp3) is 0.276. The molecule has 10 heteroatoms. The molecule has 0 radical (unpaired) electrons. The van der Waals surface area contributed by atoms with Crippen LogP contribution in [0.1, 0.15) is 17.5 Å². The number of carbonyl (C=O) groups is 3. The van der Waals surface area contributed by atoms with Crippen LogP contribution in [-0.4, -0.2) is 45.1 Å². The van der Waals surface area contributed by atoms with Gasteiger partial charge in [0.2, 0.25) is 11.8 Å². The lowest BCUT2D eigenvalue weighted by atomic mass is 10.1. The van der Waals surface area contributed by atoms with Gasteiger partial charge in [-0.25, -0.2) is 0 Å². The first-order valence-corrected chi connectivity index (χ1v) is 12.5. The van der Waals surface area contributed by atoms with E-state index in [4.69, 9.17) is 14.2 Å². The number of methoxy groups -OCH3 is 2. The smallest absolute Gasteiger partial charge is 0.262 e. The van der Waals surface area contributed by atoms with E-state index in [1.54, 1.807) is 54.5 Å². The van der Waals surface area contributed by atoms with Gasteiger partial charge in [-0.2, -0.15) is 0 Å². The average molecular weight is 533 g/mol. The Hall–Kier alpha value is -4.73. The van der Waals surface area contributed by atoms with E-state index in [9.17, 15) is 14.4 Å². The Kier molecular flexibility index (Phi) is 8.55. The number of carbonyl (C=O) groups excluding carboxylic acids is 3. The molecular weight excluding hydrogens is 500 g/mol. The zero-order valence-electron chi connectivity index (χ0n) is 22.4. The van der Waals surface area contributed by atoms with E-state index in [0.717, 1.165) is 16.8 Å². The summed E-state index contributed by atoms with van der Waals surface area (Å²) in [7, 11) is 3.05. The molecule has 1 saturated heterocycles. The molecule has 1 aliphatic rings. The lowest BCUT2D eigenvalue weighted by Crippen LogP contribution is -2.36. The third-order valence-corrected chi connectivity index (χ3v) is 6.54. The molecule has 0 aliphatic carbocycles. The molecule has 0 saturated carbocycles. The minimum Gasteiger partial charge on any atom is -0.497 e. The maximum Gasteiger partial charge on any atom is 0.262 e. The van der Waals surface area contributed by atoms with Gasteiger partial charge in [0.25, 0.3) is 5.91 Å². The molecule has 1 aliphatic heterocycles. The Balaban J connectivity index is 1.36. The number of amides is 3. The van der Waals surface area contributed by atoms with Gasteiger partial charge < -0.3 is 24.4 Å². The second-order valence-electron chi connectivity index (χ2n) is 9.19. The predicted octanol–water partition coefficient (Wildman–Crippen LogP) is 3.83.